The Hall–Kier alpha value is -2.45. The fourth-order valence-electron chi connectivity index (χ4n) is 3.22. The summed E-state index contributed by atoms with van der Waals surface area (Å²) in [5.41, 5.74) is -1.43. The molecule has 1 amide bonds. The molecule has 3 rings (SSSR count). The van der Waals surface area contributed by atoms with Crippen molar-refractivity contribution in [2.24, 2.45) is 11.3 Å². The van der Waals surface area contributed by atoms with Crippen molar-refractivity contribution in [3.8, 4) is 0 Å². The van der Waals surface area contributed by atoms with Crippen molar-refractivity contribution >= 4 is 29.3 Å². The van der Waals surface area contributed by atoms with Gasteiger partial charge in [0.25, 0.3) is 0 Å². The van der Waals surface area contributed by atoms with Crippen LogP contribution in [0.4, 0.5) is 19.1 Å². The molecular weight excluding hydrogens is 373 g/mol. The molecule has 2 atom stereocenters. The van der Waals surface area contributed by atoms with Crippen molar-refractivity contribution in [1.82, 2.24) is 14.5 Å². The number of imidazole rings is 1. The van der Waals surface area contributed by atoms with E-state index in [0.717, 1.165) is 31.6 Å². The second kappa shape index (κ2) is 7.18. The Morgan fingerprint density at radius 3 is 2.54 bits per heavy atom. The molecule has 1 aliphatic carbocycles. The Morgan fingerprint density at radius 1 is 1.36 bits per heavy atom. The van der Waals surface area contributed by atoms with Gasteiger partial charge in [-0.15, -0.1) is 0 Å². The van der Waals surface area contributed by atoms with Crippen LogP contribution in [0.3, 0.4) is 0 Å². The number of carbonyl (C=O) groups is 2. The largest absolute Gasteiger partial charge is 0.433 e. The average molecular weight is 396 g/mol. The smallest absolute Gasteiger partial charge is 0.303 e. The third-order valence-electron chi connectivity index (χ3n) is 5.92. The second-order valence-electron chi connectivity index (χ2n) is 7.62. The number of hydrogen-bond donors (Lipinski definition) is 1. The summed E-state index contributed by atoms with van der Waals surface area (Å²) in [6.07, 6.45) is -0.796. The van der Waals surface area contributed by atoms with Crippen LogP contribution >= 0.6 is 0 Å². The van der Waals surface area contributed by atoms with Gasteiger partial charge >= 0.3 is 6.18 Å². The van der Waals surface area contributed by atoms with E-state index >= 15 is 0 Å². The highest BCUT2D eigenvalue weighted by Gasteiger charge is 2.37. The van der Waals surface area contributed by atoms with Crippen LogP contribution in [0, 0.1) is 11.3 Å². The molecule has 0 bridgehead atoms. The Labute approximate surface area is 160 Å². The van der Waals surface area contributed by atoms with E-state index in [1.165, 1.54) is 6.07 Å². The van der Waals surface area contributed by atoms with Gasteiger partial charge in [0.15, 0.2) is 5.65 Å². The van der Waals surface area contributed by atoms with Crippen molar-refractivity contribution in [2.45, 2.75) is 58.7 Å². The van der Waals surface area contributed by atoms with Gasteiger partial charge in [0.2, 0.25) is 11.9 Å². The van der Waals surface area contributed by atoms with Crippen LogP contribution in [0.2, 0.25) is 0 Å². The van der Waals surface area contributed by atoms with Crippen LogP contribution in [-0.2, 0) is 15.8 Å². The highest BCUT2D eigenvalue weighted by molar-refractivity contribution is 5.94. The van der Waals surface area contributed by atoms with E-state index in [2.05, 4.69) is 15.3 Å². The van der Waals surface area contributed by atoms with Crippen molar-refractivity contribution in [1.29, 1.82) is 0 Å². The minimum absolute atomic E-state index is 0.0600. The summed E-state index contributed by atoms with van der Waals surface area (Å²) in [6, 6.07) is 2.09. The van der Waals surface area contributed by atoms with Crippen LogP contribution in [0.25, 0.3) is 11.2 Å². The number of nitrogens with zero attached hydrogens (tertiary/aromatic N) is 3. The molecule has 9 heteroatoms. The predicted molar refractivity (Wildman–Crippen MR) is 97.7 cm³/mol. The third-order valence-corrected chi connectivity index (χ3v) is 5.92. The molecule has 152 valence electrons. The first-order chi connectivity index (χ1) is 13.1. The molecule has 1 unspecified atom stereocenters. The van der Waals surface area contributed by atoms with E-state index in [4.69, 9.17) is 0 Å². The van der Waals surface area contributed by atoms with E-state index in [-0.39, 0.29) is 23.2 Å². The average Bonchev–Trinajstić information content (AvgIpc) is 2.95. The summed E-state index contributed by atoms with van der Waals surface area (Å²) >= 11 is 0. The maximum absolute atomic E-state index is 13.1. The lowest BCUT2D eigenvalue weighted by Gasteiger charge is -2.30. The van der Waals surface area contributed by atoms with Gasteiger partial charge in [-0.1, -0.05) is 20.8 Å². The molecule has 6 nitrogen and oxygen atoms in total. The second-order valence-corrected chi connectivity index (χ2v) is 7.62. The standard InChI is InChI=1S/C19H23F3N4O2/c1-4-18(3,10-27)11(2)16(28)25-17-23-13-8-9-14(19(20,21)22)24-15(13)26(17)12-6-5-7-12/h8-12H,4-7H2,1-3H3,(H,23,25,28)/t11-,18?/m1/s1. The topological polar surface area (TPSA) is 76.9 Å². The zero-order valence-corrected chi connectivity index (χ0v) is 16.0. The van der Waals surface area contributed by atoms with Crippen LogP contribution < -0.4 is 5.32 Å². The van der Waals surface area contributed by atoms with Crippen LogP contribution in [0.5, 0.6) is 0 Å². The fraction of sp³-hybridized carbons (Fsp3) is 0.579. The number of hydrogen-bond acceptors (Lipinski definition) is 4. The minimum atomic E-state index is -4.56. The van der Waals surface area contributed by atoms with Crippen molar-refractivity contribution in [3.05, 3.63) is 17.8 Å². The van der Waals surface area contributed by atoms with Gasteiger partial charge in [0.05, 0.1) is 0 Å². The molecule has 0 radical (unpaired) electrons. The molecule has 1 fully saturated rings. The molecule has 0 saturated heterocycles. The Morgan fingerprint density at radius 2 is 2.04 bits per heavy atom. The highest BCUT2D eigenvalue weighted by Crippen LogP contribution is 2.38. The van der Waals surface area contributed by atoms with Gasteiger partial charge in [-0.3, -0.25) is 14.7 Å². The summed E-state index contributed by atoms with van der Waals surface area (Å²) in [5, 5.41) is 2.71. The number of pyridine rings is 1. The lowest BCUT2D eigenvalue weighted by atomic mass is 9.77. The van der Waals surface area contributed by atoms with Crippen molar-refractivity contribution in [3.63, 3.8) is 0 Å². The number of aromatic nitrogens is 3. The van der Waals surface area contributed by atoms with Crippen molar-refractivity contribution in [2.75, 3.05) is 5.32 Å². The highest BCUT2D eigenvalue weighted by atomic mass is 19.4. The summed E-state index contributed by atoms with van der Waals surface area (Å²) in [6.45, 7) is 5.18. The quantitative estimate of drug-likeness (QED) is 0.736. The first kappa shape index (κ1) is 20.3. The minimum Gasteiger partial charge on any atom is -0.303 e. The number of carbonyl (C=O) groups excluding carboxylic acids is 2. The monoisotopic (exact) mass is 396 g/mol. The molecular formula is C19H23F3N4O2. The van der Waals surface area contributed by atoms with Crippen LogP contribution in [0.1, 0.15) is 58.2 Å². The molecule has 0 aliphatic heterocycles. The van der Waals surface area contributed by atoms with E-state index < -0.39 is 29.1 Å². The molecule has 2 aromatic rings. The SMILES string of the molecule is CCC(C)(C=O)[C@H](C)C(=O)Nc1nc2ccc(C(F)(F)F)nc2n1C1CCC1. The van der Waals surface area contributed by atoms with Gasteiger partial charge in [0.1, 0.15) is 17.5 Å². The van der Waals surface area contributed by atoms with E-state index in [1.807, 2.05) is 6.92 Å². The molecule has 28 heavy (non-hydrogen) atoms. The van der Waals surface area contributed by atoms with Crippen LogP contribution in [-0.4, -0.2) is 26.7 Å². The zero-order chi connectivity index (χ0) is 20.7. The van der Waals surface area contributed by atoms with Crippen LogP contribution in [0.15, 0.2) is 12.1 Å². The number of anilines is 1. The number of amides is 1. The molecule has 1 aliphatic rings. The maximum Gasteiger partial charge on any atom is 0.433 e. The zero-order valence-electron chi connectivity index (χ0n) is 16.0. The van der Waals surface area contributed by atoms with Gasteiger partial charge in [-0.2, -0.15) is 13.2 Å². The molecule has 1 saturated carbocycles. The number of rotatable bonds is 6. The fourth-order valence-corrected chi connectivity index (χ4v) is 3.22. The normalized spacial score (nSPS) is 18.4. The first-order valence-corrected chi connectivity index (χ1v) is 9.34. The Balaban J connectivity index is 2.01. The lowest BCUT2D eigenvalue weighted by molar-refractivity contribution is -0.141. The Bertz CT molecular complexity index is 904. The van der Waals surface area contributed by atoms with E-state index in [1.54, 1.807) is 18.4 Å². The maximum atomic E-state index is 13.1. The van der Waals surface area contributed by atoms with Gasteiger partial charge < -0.3 is 4.79 Å². The van der Waals surface area contributed by atoms with Gasteiger partial charge in [0, 0.05) is 17.4 Å². The number of aldehydes is 1. The molecule has 0 aromatic carbocycles. The molecule has 2 aromatic heterocycles. The Kier molecular flexibility index (Phi) is 5.20. The summed E-state index contributed by atoms with van der Waals surface area (Å²) in [5.74, 6) is -0.848. The molecule has 0 spiro atoms. The van der Waals surface area contributed by atoms with Crippen molar-refractivity contribution < 1.29 is 22.8 Å². The predicted octanol–water partition coefficient (Wildman–Crippen LogP) is 4.36. The van der Waals surface area contributed by atoms with E-state index in [9.17, 15) is 22.8 Å². The summed E-state index contributed by atoms with van der Waals surface area (Å²) < 4.78 is 40.8. The number of halogens is 3. The number of nitrogens with one attached hydrogen (secondary N) is 1. The summed E-state index contributed by atoms with van der Waals surface area (Å²) in [4.78, 5) is 32.3. The number of fused-ring (bicyclic) bond motifs is 1. The molecule has 2 heterocycles. The molecule has 1 N–H and O–H groups in total. The summed E-state index contributed by atoms with van der Waals surface area (Å²) in [7, 11) is 0. The lowest BCUT2D eigenvalue weighted by Crippen LogP contribution is -2.36. The van der Waals surface area contributed by atoms with Gasteiger partial charge in [-0.25, -0.2) is 9.97 Å². The first-order valence-electron chi connectivity index (χ1n) is 9.34. The third kappa shape index (κ3) is 3.49. The number of alkyl halides is 3. The van der Waals surface area contributed by atoms with Gasteiger partial charge in [-0.05, 0) is 37.8 Å². The van der Waals surface area contributed by atoms with E-state index in [0.29, 0.717) is 6.42 Å².